The highest BCUT2D eigenvalue weighted by Crippen LogP contribution is 2.04. The summed E-state index contributed by atoms with van der Waals surface area (Å²) in [4.78, 5) is 39.3. The van der Waals surface area contributed by atoms with Gasteiger partial charge >= 0.3 is 11.7 Å². The molecule has 0 unspecified atom stereocenters. The van der Waals surface area contributed by atoms with Gasteiger partial charge in [0.15, 0.2) is 0 Å². The van der Waals surface area contributed by atoms with Gasteiger partial charge in [-0.2, -0.15) is 0 Å². The smallest absolute Gasteiger partial charge is 0.352 e. The van der Waals surface area contributed by atoms with Crippen molar-refractivity contribution in [1.82, 2.24) is 14.5 Å². The van der Waals surface area contributed by atoms with Crippen LogP contribution in [0.2, 0.25) is 0 Å². The molecule has 110 valence electrons. The van der Waals surface area contributed by atoms with Crippen molar-refractivity contribution in [2.24, 2.45) is 0 Å². The number of carboxylic acids is 1. The molecule has 7 heteroatoms. The second-order valence-electron chi connectivity index (χ2n) is 4.25. The normalized spacial score (nSPS) is 10.8. The lowest BCUT2D eigenvalue weighted by molar-refractivity contribution is 0.0686. The molecule has 20 heavy (non-hydrogen) atoms. The Balaban J connectivity index is 3.48. The van der Waals surface area contributed by atoms with E-state index in [1.165, 1.54) is 6.08 Å². The van der Waals surface area contributed by atoms with E-state index in [0.29, 0.717) is 13.1 Å². The number of aromatic nitrogens is 2. The summed E-state index contributed by atoms with van der Waals surface area (Å²) < 4.78 is 0.943. The Hall–Kier alpha value is -2.15. The lowest BCUT2D eigenvalue weighted by Gasteiger charge is -2.19. The average Bonchev–Trinajstić information content (AvgIpc) is 2.42. The van der Waals surface area contributed by atoms with Gasteiger partial charge in [0.2, 0.25) is 0 Å². The summed E-state index contributed by atoms with van der Waals surface area (Å²) >= 11 is 0. The van der Waals surface area contributed by atoms with Crippen molar-refractivity contribution in [3.05, 3.63) is 44.8 Å². The summed E-state index contributed by atoms with van der Waals surface area (Å²) in [7, 11) is 0. The summed E-state index contributed by atoms with van der Waals surface area (Å²) in [5, 5.41) is 9.14. The highest BCUT2D eigenvalue weighted by Gasteiger charge is 2.19. The van der Waals surface area contributed by atoms with E-state index >= 15 is 0 Å². The maximum Gasteiger partial charge on any atom is 0.352 e. The standard InChI is InChI=1S/C13H19N3O4/c1-4-7-16-11(17)9(8-15(5-2)6-3)10(12(18)19)14-13(16)20/h4H,1,5-8H2,2-3H3,(H,14,20)(H,18,19). The van der Waals surface area contributed by atoms with Crippen LogP contribution in [0, 0.1) is 0 Å². The highest BCUT2D eigenvalue weighted by molar-refractivity contribution is 5.86. The van der Waals surface area contributed by atoms with Crippen LogP contribution in [0.4, 0.5) is 0 Å². The van der Waals surface area contributed by atoms with Gasteiger partial charge in [0.05, 0.1) is 5.56 Å². The number of rotatable bonds is 7. The molecule has 0 aliphatic heterocycles. The van der Waals surface area contributed by atoms with E-state index in [1.54, 1.807) is 0 Å². The molecule has 0 radical (unpaired) electrons. The van der Waals surface area contributed by atoms with Gasteiger partial charge in [-0.05, 0) is 13.1 Å². The van der Waals surface area contributed by atoms with Crippen LogP contribution in [-0.4, -0.2) is 38.6 Å². The molecule has 0 spiro atoms. The first kappa shape index (κ1) is 15.9. The molecule has 0 bridgehead atoms. The topological polar surface area (TPSA) is 95.4 Å². The molecular formula is C13H19N3O4. The molecule has 2 N–H and O–H groups in total. The van der Waals surface area contributed by atoms with Gasteiger partial charge in [0, 0.05) is 13.1 Å². The van der Waals surface area contributed by atoms with Crippen molar-refractivity contribution in [2.75, 3.05) is 13.1 Å². The highest BCUT2D eigenvalue weighted by atomic mass is 16.4. The van der Waals surface area contributed by atoms with Crippen molar-refractivity contribution < 1.29 is 9.90 Å². The van der Waals surface area contributed by atoms with Crippen molar-refractivity contribution in [2.45, 2.75) is 26.9 Å². The third-order valence-corrected chi connectivity index (χ3v) is 3.08. The van der Waals surface area contributed by atoms with Crippen LogP contribution in [0.1, 0.15) is 29.9 Å². The maximum absolute atomic E-state index is 12.3. The Morgan fingerprint density at radius 3 is 2.45 bits per heavy atom. The van der Waals surface area contributed by atoms with E-state index in [1.807, 2.05) is 18.7 Å². The minimum absolute atomic E-state index is 0.0410. The van der Waals surface area contributed by atoms with Crippen molar-refractivity contribution >= 4 is 5.97 Å². The molecule has 0 saturated carbocycles. The van der Waals surface area contributed by atoms with E-state index in [9.17, 15) is 14.4 Å². The Bertz CT molecular complexity index is 611. The lowest BCUT2D eigenvalue weighted by atomic mass is 10.2. The molecule has 7 nitrogen and oxygen atoms in total. The molecule has 1 aromatic rings. The van der Waals surface area contributed by atoms with Crippen molar-refractivity contribution in [3.63, 3.8) is 0 Å². The number of allylic oxidation sites excluding steroid dienone is 1. The third kappa shape index (κ3) is 3.24. The fourth-order valence-corrected chi connectivity index (χ4v) is 1.91. The summed E-state index contributed by atoms with van der Waals surface area (Å²) in [6, 6.07) is 0. The number of carbonyl (C=O) groups is 1. The molecule has 0 aromatic carbocycles. The zero-order valence-electron chi connectivity index (χ0n) is 11.7. The summed E-state index contributed by atoms with van der Waals surface area (Å²) in [6.07, 6.45) is 1.41. The number of nitrogens with zero attached hydrogens (tertiary/aromatic N) is 2. The molecule has 0 atom stereocenters. The number of nitrogens with one attached hydrogen (secondary N) is 1. The van der Waals surface area contributed by atoms with Crippen molar-refractivity contribution in [3.8, 4) is 0 Å². The first-order valence-electron chi connectivity index (χ1n) is 6.38. The van der Waals surface area contributed by atoms with Crippen LogP contribution >= 0.6 is 0 Å². The maximum atomic E-state index is 12.3. The van der Waals surface area contributed by atoms with Crippen molar-refractivity contribution in [1.29, 1.82) is 0 Å². The van der Waals surface area contributed by atoms with Gasteiger partial charge in [-0.15, -0.1) is 6.58 Å². The minimum atomic E-state index is -1.31. The number of hydrogen-bond acceptors (Lipinski definition) is 4. The first-order valence-corrected chi connectivity index (χ1v) is 6.38. The van der Waals surface area contributed by atoms with Crippen LogP contribution in [0.15, 0.2) is 22.2 Å². The first-order chi connectivity index (χ1) is 9.46. The van der Waals surface area contributed by atoms with E-state index < -0.39 is 17.2 Å². The predicted octanol–water partition coefficient (Wildman–Crippen LogP) is 0.263. The molecule has 0 aliphatic carbocycles. The van der Waals surface area contributed by atoms with Gasteiger partial charge in [0.1, 0.15) is 5.69 Å². The predicted molar refractivity (Wildman–Crippen MR) is 75.1 cm³/mol. The lowest BCUT2D eigenvalue weighted by Crippen LogP contribution is -2.41. The molecular weight excluding hydrogens is 262 g/mol. The van der Waals surface area contributed by atoms with E-state index in [-0.39, 0.29) is 24.3 Å². The van der Waals surface area contributed by atoms with Crippen LogP contribution in [-0.2, 0) is 13.1 Å². The number of aromatic amines is 1. The zero-order chi connectivity index (χ0) is 15.3. The Labute approximate surface area is 116 Å². The molecule has 0 amide bonds. The second-order valence-corrected chi connectivity index (χ2v) is 4.25. The van der Waals surface area contributed by atoms with Crippen LogP contribution in [0.25, 0.3) is 0 Å². The molecule has 1 rings (SSSR count). The van der Waals surface area contributed by atoms with Gasteiger partial charge in [-0.3, -0.25) is 14.3 Å². The SMILES string of the molecule is C=CCn1c(=O)[nH]c(C(=O)O)c(CN(CC)CC)c1=O. The Morgan fingerprint density at radius 2 is 2.00 bits per heavy atom. The molecule has 0 aliphatic rings. The zero-order valence-corrected chi connectivity index (χ0v) is 11.7. The van der Waals surface area contributed by atoms with Crippen LogP contribution < -0.4 is 11.2 Å². The number of aromatic carboxylic acids is 1. The van der Waals surface area contributed by atoms with E-state index in [0.717, 1.165) is 4.57 Å². The van der Waals surface area contributed by atoms with Gasteiger partial charge < -0.3 is 10.1 Å². The average molecular weight is 281 g/mol. The monoisotopic (exact) mass is 281 g/mol. The van der Waals surface area contributed by atoms with Gasteiger partial charge in [-0.25, -0.2) is 9.59 Å². The third-order valence-electron chi connectivity index (χ3n) is 3.08. The largest absolute Gasteiger partial charge is 0.477 e. The summed E-state index contributed by atoms with van der Waals surface area (Å²) in [5.74, 6) is -1.31. The molecule has 1 aromatic heterocycles. The quantitative estimate of drug-likeness (QED) is 0.699. The molecule has 0 saturated heterocycles. The number of carboxylic acid groups (broad SMARTS) is 1. The molecule has 1 heterocycles. The number of H-pyrrole nitrogens is 1. The Kier molecular flexibility index (Phi) is 5.45. The van der Waals surface area contributed by atoms with E-state index in [4.69, 9.17) is 5.11 Å². The fourth-order valence-electron chi connectivity index (χ4n) is 1.91. The van der Waals surface area contributed by atoms with Gasteiger partial charge in [0.25, 0.3) is 5.56 Å². The van der Waals surface area contributed by atoms with Crippen LogP contribution in [0.3, 0.4) is 0 Å². The Morgan fingerprint density at radius 1 is 1.40 bits per heavy atom. The second kappa shape index (κ2) is 6.85. The minimum Gasteiger partial charge on any atom is -0.477 e. The van der Waals surface area contributed by atoms with E-state index in [2.05, 4.69) is 11.6 Å². The summed E-state index contributed by atoms with van der Waals surface area (Å²) in [6.45, 7) is 8.88. The molecule has 0 fully saturated rings. The fraction of sp³-hybridized carbons (Fsp3) is 0.462. The van der Waals surface area contributed by atoms with Gasteiger partial charge in [-0.1, -0.05) is 19.9 Å². The summed E-state index contributed by atoms with van der Waals surface area (Å²) in [5.41, 5.74) is -1.58. The van der Waals surface area contributed by atoms with Crippen LogP contribution in [0.5, 0.6) is 0 Å². The number of hydrogen-bond donors (Lipinski definition) is 2.